The standard InChI is InChI=1S/C17H15ClN2O3S2/c1-10-3-8-13(18)16-15(10)20-17(24-16)19-14(21)9-11-4-6-12(7-5-11)25(2,22)23/h3-8H,9H2,1-2H3,(H,19,20,21). The zero-order valence-corrected chi connectivity index (χ0v) is 15.9. The summed E-state index contributed by atoms with van der Waals surface area (Å²) < 4.78 is 23.7. The molecule has 0 atom stereocenters. The fraction of sp³-hybridized carbons (Fsp3) is 0.176. The van der Waals surface area contributed by atoms with Gasteiger partial charge in [-0.2, -0.15) is 0 Å². The maximum absolute atomic E-state index is 12.2. The van der Waals surface area contributed by atoms with Crippen LogP contribution in [0.2, 0.25) is 5.02 Å². The quantitative estimate of drug-likeness (QED) is 0.729. The number of fused-ring (bicyclic) bond motifs is 1. The summed E-state index contributed by atoms with van der Waals surface area (Å²) in [5.74, 6) is -0.222. The number of sulfone groups is 1. The highest BCUT2D eigenvalue weighted by Gasteiger charge is 2.13. The van der Waals surface area contributed by atoms with Crippen molar-refractivity contribution in [3.63, 3.8) is 0 Å². The van der Waals surface area contributed by atoms with Gasteiger partial charge in [-0.15, -0.1) is 0 Å². The van der Waals surface area contributed by atoms with Gasteiger partial charge in [-0.05, 0) is 36.2 Å². The first-order valence-electron chi connectivity index (χ1n) is 7.38. The number of rotatable bonds is 4. The zero-order valence-electron chi connectivity index (χ0n) is 13.5. The molecule has 2 aromatic carbocycles. The second kappa shape index (κ2) is 6.74. The smallest absolute Gasteiger partial charge is 0.230 e. The molecule has 0 saturated carbocycles. The van der Waals surface area contributed by atoms with E-state index in [2.05, 4.69) is 10.3 Å². The van der Waals surface area contributed by atoms with Gasteiger partial charge in [-0.3, -0.25) is 4.79 Å². The minimum atomic E-state index is -3.24. The largest absolute Gasteiger partial charge is 0.302 e. The van der Waals surface area contributed by atoms with Crippen LogP contribution in [0.25, 0.3) is 10.2 Å². The number of nitrogens with one attached hydrogen (secondary N) is 1. The third kappa shape index (κ3) is 4.00. The summed E-state index contributed by atoms with van der Waals surface area (Å²) in [5.41, 5.74) is 2.50. The third-order valence-corrected chi connectivity index (χ3v) is 6.22. The summed E-state index contributed by atoms with van der Waals surface area (Å²) in [6.45, 7) is 1.94. The Labute approximate surface area is 154 Å². The molecule has 0 bridgehead atoms. The summed E-state index contributed by atoms with van der Waals surface area (Å²) in [6, 6.07) is 9.97. The molecule has 130 valence electrons. The van der Waals surface area contributed by atoms with Crippen LogP contribution in [0.1, 0.15) is 11.1 Å². The van der Waals surface area contributed by atoms with Crippen LogP contribution in [0.3, 0.4) is 0 Å². The molecule has 0 saturated heterocycles. The second-order valence-electron chi connectivity index (χ2n) is 5.70. The Balaban J connectivity index is 1.75. The van der Waals surface area contributed by atoms with Gasteiger partial charge in [0, 0.05) is 6.26 Å². The molecule has 0 fully saturated rings. The van der Waals surface area contributed by atoms with Crippen molar-refractivity contribution in [2.75, 3.05) is 11.6 Å². The highest BCUT2D eigenvalue weighted by molar-refractivity contribution is 7.90. The van der Waals surface area contributed by atoms with Crippen molar-refractivity contribution in [2.45, 2.75) is 18.2 Å². The van der Waals surface area contributed by atoms with Gasteiger partial charge in [0.05, 0.1) is 26.6 Å². The number of benzene rings is 2. The Kier molecular flexibility index (Phi) is 4.81. The van der Waals surface area contributed by atoms with Gasteiger partial charge in [-0.25, -0.2) is 13.4 Å². The lowest BCUT2D eigenvalue weighted by molar-refractivity contribution is -0.115. The van der Waals surface area contributed by atoms with E-state index in [4.69, 9.17) is 11.6 Å². The number of aromatic nitrogens is 1. The van der Waals surface area contributed by atoms with Crippen LogP contribution in [-0.2, 0) is 21.1 Å². The summed E-state index contributed by atoms with van der Waals surface area (Å²) in [6.07, 6.45) is 1.28. The molecule has 1 N–H and O–H groups in total. The normalized spacial score (nSPS) is 11.6. The topological polar surface area (TPSA) is 76.1 Å². The lowest BCUT2D eigenvalue weighted by Crippen LogP contribution is -2.14. The third-order valence-electron chi connectivity index (χ3n) is 3.66. The van der Waals surface area contributed by atoms with Gasteiger partial charge in [-0.1, -0.05) is 41.1 Å². The molecule has 0 unspecified atom stereocenters. The number of aryl methyl sites for hydroxylation is 1. The molecule has 0 radical (unpaired) electrons. The SMILES string of the molecule is Cc1ccc(Cl)c2sc(NC(=O)Cc3ccc(S(C)(=O)=O)cc3)nc12. The van der Waals surface area contributed by atoms with E-state index < -0.39 is 9.84 Å². The molecule has 3 rings (SSSR count). The average Bonchev–Trinajstić information content (AvgIpc) is 2.95. The van der Waals surface area contributed by atoms with Gasteiger partial charge >= 0.3 is 0 Å². The Bertz CT molecular complexity index is 1020. The van der Waals surface area contributed by atoms with E-state index in [-0.39, 0.29) is 17.2 Å². The molecule has 0 aliphatic carbocycles. The van der Waals surface area contributed by atoms with Gasteiger partial charge in [0.15, 0.2) is 15.0 Å². The van der Waals surface area contributed by atoms with E-state index >= 15 is 0 Å². The number of carbonyl (C=O) groups is 1. The number of hydrogen-bond acceptors (Lipinski definition) is 5. The molecule has 5 nitrogen and oxygen atoms in total. The lowest BCUT2D eigenvalue weighted by atomic mass is 10.1. The van der Waals surface area contributed by atoms with E-state index in [1.54, 1.807) is 12.1 Å². The predicted molar refractivity (Wildman–Crippen MR) is 101 cm³/mol. The molecule has 1 amide bonds. The van der Waals surface area contributed by atoms with E-state index in [0.29, 0.717) is 10.2 Å². The minimum absolute atomic E-state index is 0.132. The number of thiazole rings is 1. The summed E-state index contributed by atoms with van der Waals surface area (Å²) >= 11 is 7.50. The monoisotopic (exact) mass is 394 g/mol. The fourth-order valence-electron chi connectivity index (χ4n) is 2.36. The number of carbonyl (C=O) groups excluding carboxylic acids is 1. The maximum atomic E-state index is 12.2. The number of anilines is 1. The van der Waals surface area contributed by atoms with Gasteiger partial charge in [0.2, 0.25) is 5.91 Å². The molecule has 0 aliphatic rings. The highest BCUT2D eigenvalue weighted by Crippen LogP contribution is 2.33. The van der Waals surface area contributed by atoms with Crippen LogP contribution in [0.4, 0.5) is 5.13 Å². The van der Waals surface area contributed by atoms with Crippen LogP contribution in [-0.4, -0.2) is 25.6 Å². The van der Waals surface area contributed by atoms with Crippen LogP contribution in [0, 0.1) is 6.92 Å². The molecule has 1 heterocycles. The van der Waals surface area contributed by atoms with Gasteiger partial charge < -0.3 is 5.32 Å². The van der Waals surface area contributed by atoms with Crippen LogP contribution in [0.15, 0.2) is 41.3 Å². The molecule has 25 heavy (non-hydrogen) atoms. The molecule has 0 spiro atoms. The fourth-order valence-corrected chi connectivity index (χ4v) is 4.22. The van der Waals surface area contributed by atoms with Crippen molar-refractivity contribution in [1.82, 2.24) is 4.98 Å². The predicted octanol–water partition coefficient (Wildman–Crippen LogP) is 3.84. The average molecular weight is 395 g/mol. The van der Waals surface area contributed by atoms with Crippen LogP contribution < -0.4 is 5.32 Å². The molecule has 1 aromatic heterocycles. The van der Waals surface area contributed by atoms with Gasteiger partial charge in [0.1, 0.15) is 0 Å². The summed E-state index contributed by atoms with van der Waals surface area (Å²) in [7, 11) is -3.24. The number of nitrogens with zero attached hydrogens (tertiary/aromatic N) is 1. The Morgan fingerprint density at radius 3 is 2.48 bits per heavy atom. The Hall–Kier alpha value is -1.96. The zero-order chi connectivity index (χ0) is 18.2. The summed E-state index contributed by atoms with van der Waals surface area (Å²) in [5, 5.41) is 3.87. The van der Waals surface area contributed by atoms with E-state index in [9.17, 15) is 13.2 Å². The van der Waals surface area contributed by atoms with E-state index in [1.807, 2.05) is 19.1 Å². The first kappa shape index (κ1) is 17.8. The Morgan fingerprint density at radius 1 is 1.20 bits per heavy atom. The molecular weight excluding hydrogens is 380 g/mol. The van der Waals surface area contributed by atoms with Gasteiger partial charge in [0.25, 0.3) is 0 Å². The number of halogens is 1. The minimum Gasteiger partial charge on any atom is -0.302 e. The second-order valence-corrected chi connectivity index (χ2v) is 9.12. The van der Waals surface area contributed by atoms with Crippen molar-refractivity contribution in [3.8, 4) is 0 Å². The molecular formula is C17H15ClN2O3S2. The van der Waals surface area contributed by atoms with Crippen LogP contribution >= 0.6 is 22.9 Å². The van der Waals surface area contributed by atoms with E-state index in [0.717, 1.165) is 27.6 Å². The van der Waals surface area contributed by atoms with Crippen molar-refractivity contribution in [2.24, 2.45) is 0 Å². The Morgan fingerprint density at radius 2 is 1.88 bits per heavy atom. The van der Waals surface area contributed by atoms with Crippen molar-refractivity contribution >= 4 is 54.0 Å². The van der Waals surface area contributed by atoms with E-state index in [1.165, 1.54) is 23.5 Å². The molecule has 8 heteroatoms. The van der Waals surface area contributed by atoms with Crippen molar-refractivity contribution < 1.29 is 13.2 Å². The molecule has 3 aromatic rings. The first-order valence-corrected chi connectivity index (χ1v) is 10.5. The molecule has 0 aliphatic heterocycles. The maximum Gasteiger partial charge on any atom is 0.230 e. The number of hydrogen-bond donors (Lipinski definition) is 1. The lowest BCUT2D eigenvalue weighted by Gasteiger charge is -2.03. The highest BCUT2D eigenvalue weighted by atomic mass is 35.5. The first-order chi connectivity index (χ1) is 11.7. The van der Waals surface area contributed by atoms with Crippen molar-refractivity contribution in [3.05, 3.63) is 52.5 Å². The number of amides is 1. The summed E-state index contributed by atoms with van der Waals surface area (Å²) in [4.78, 5) is 16.9. The van der Waals surface area contributed by atoms with Crippen molar-refractivity contribution in [1.29, 1.82) is 0 Å². The van der Waals surface area contributed by atoms with Crippen LogP contribution in [0.5, 0.6) is 0 Å².